The van der Waals surface area contributed by atoms with Crippen LogP contribution in [0.2, 0.25) is 0 Å². The standard InChI is InChI=1S/C31H38N4O5S/c1-17-25-28(36)35(31(2,3)4)30(37)34(29(25)41-26(17)27-33-10-11-39-27)16-24(22-8-6-7-9-23(22)38-5)40-21-14-18-12-20(32)13-19(18)15-21/h6-11,18-21,24H,12-16,32H2,1-5H3. The number of hydrogen-bond donors (Lipinski definition) is 1. The Balaban J connectivity index is 1.50. The number of thiophene rings is 1. The zero-order valence-corrected chi connectivity index (χ0v) is 25.1. The van der Waals surface area contributed by atoms with Crippen molar-refractivity contribution in [3.8, 4) is 16.5 Å². The average molecular weight is 579 g/mol. The van der Waals surface area contributed by atoms with E-state index in [1.165, 1.54) is 22.2 Å². The summed E-state index contributed by atoms with van der Waals surface area (Å²) >= 11 is 1.35. The van der Waals surface area contributed by atoms with E-state index in [2.05, 4.69) is 4.98 Å². The maximum absolute atomic E-state index is 14.2. The van der Waals surface area contributed by atoms with E-state index in [0.717, 1.165) is 41.7 Å². The van der Waals surface area contributed by atoms with E-state index in [1.807, 2.05) is 52.0 Å². The smallest absolute Gasteiger partial charge is 0.332 e. The number of ether oxygens (including phenoxy) is 2. The van der Waals surface area contributed by atoms with E-state index in [4.69, 9.17) is 19.6 Å². The van der Waals surface area contributed by atoms with Gasteiger partial charge in [0, 0.05) is 17.1 Å². The Hall–Kier alpha value is -3.21. The molecule has 0 radical (unpaired) electrons. The van der Waals surface area contributed by atoms with E-state index < -0.39 is 11.6 Å². The molecule has 0 aliphatic heterocycles. The summed E-state index contributed by atoms with van der Waals surface area (Å²) in [5.41, 5.74) is 6.46. The number of methoxy groups -OCH3 is 1. The van der Waals surface area contributed by atoms with Gasteiger partial charge in [-0.15, -0.1) is 11.3 Å². The van der Waals surface area contributed by atoms with Crippen LogP contribution < -0.4 is 21.7 Å². The Morgan fingerprint density at radius 3 is 2.49 bits per heavy atom. The van der Waals surface area contributed by atoms with Crippen molar-refractivity contribution in [1.29, 1.82) is 0 Å². The van der Waals surface area contributed by atoms with Crippen molar-refractivity contribution in [3.05, 3.63) is 68.7 Å². The van der Waals surface area contributed by atoms with Crippen LogP contribution >= 0.6 is 11.3 Å². The Bertz CT molecular complexity index is 1670. The predicted octanol–water partition coefficient (Wildman–Crippen LogP) is 5.23. The highest BCUT2D eigenvalue weighted by atomic mass is 32.1. The van der Waals surface area contributed by atoms with E-state index in [0.29, 0.717) is 33.7 Å². The summed E-state index contributed by atoms with van der Waals surface area (Å²) in [5, 5.41) is 0.501. The molecule has 2 fully saturated rings. The topological polar surface area (TPSA) is 115 Å². The summed E-state index contributed by atoms with van der Waals surface area (Å²) in [4.78, 5) is 33.7. The van der Waals surface area contributed by atoms with Crippen LogP contribution in [0.15, 0.2) is 50.7 Å². The molecule has 9 nitrogen and oxygen atoms in total. The zero-order valence-electron chi connectivity index (χ0n) is 24.3. The molecular weight excluding hydrogens is 540 g/mol. The zero-order chi connectivity index (χ0) is 29.1. The molecule has 2 aliphatic carbocycles. The summed E-state index contributed by atoms with van der Waals surface area (Å²) in [6.07, 6.45) is 6.68. The van der Waals surface area contributed by atoms with Gasteiger partial charge >= 0.3 is 5.69 Å². The number of nitrogens with two attached hydrogens (primary N) is 1. The maximum atomic E-state index is 14.2. The fraction of sp³-hybridized carbons (Fsp3) is 0.516. The molecule has 218 valence electrons. The van der Waals surface area contributed by atoms with Crippen molar-refractivity contribution in [1.82, 2.24) is 14.1 Å². The quantitative estimate of drug-likeness (QED) is 0.320. The summed E-state index contributed by atoms with van der Waals surface area (Å²) in [6.45, 7) is 7.73. The Morgan fingerprint density at radius 2 is 1.85 bits per heavy atom. The number of aromatic nitrogens is 3. The molecule has 4 aromatic rings. The molecule has 41 heavy (non-hydrogen) atoms. The number of aryl methyl sites for hydroxylation is 1. The number of hydrogen-bond acceptors (Lipinski definition) is 8. The Morgan fingerprint density at radius 1 is 1.15 bits per heavy atom. The minimum atomic E-state index is -0.732. The van der Waals surface area contributed by atoms with Crippen LogP contribution in [-0.2, 0) is 16.8 Å². The molecule has 2 N–H and O–H groups in total. The van der Waals surface area contributed by atoms with Crippen molar-refractivity contribution >= 4 is 21.6 Å². The van der Waals surface area contributed by atoms with E-state index in [1.54, 1.807) is 17.9 Å². The molecule has 6 rings (SSSR count). The lowest BCUT2D eigenvalue weighted by atomic mass is 10.0. The molecule has 3 aromatic heterocycles. The second-order valence-corrected chi connectivity index (χ2v) is 13.5. The van der Waals surface area contributed by atoms with Crippen LogP contribution in [-0.4, -0.2) is 33.4 Å². The predicted molar refractivity (Wildman–Crippen MR) is 160 cm³/mol. The van der Waals surface area contributed by atoms with Crippen LogP contribution in [0.1, 0.15) is 63.7 Å². The molecule has 2 aliphatic rings. The number of benzene rings is 1. The number of nitrogens with zero attached hydrogens (tertiary/aromatic N) is 3. The van der Waals surface area contributed by atoms with Gasteiger partial charge < -0.3 is 19.6 Å². The van der Waals surface area contributed by atoms with Crippen molar-refractivity contribution in [3.63, 3.8) is 0 Å². The molecular formula is C31H38N4O5S. The van der Waals surface area contributed by atoms with E-state index >= 15 is 0 Å². The second-order valence-electron chi connectivity index (χ2n) is 12.5. The van der Waals surface area contributed by atoms with Gasteiger partial charge in [0.15, 0.2) is 0 Å². The van der Waals surface area contributed by atoms with Gasteiger partial charge in [0.2, 0.25) is 5.89 Å². The van der Waals surface area contributed by atoms with E-state index in [9.17, 15) is 9.59 Å². The highest BCUT2D eigenvalue weighted by Gasteiger charge is 2.42. The minimum Gasteiger partial charge on any atom is -0.496 e. The normalized spacial score (nSPS) is 23.3. The third-order valence-electron chi connectivity index (χ3n) is 8.71. The maximum Gasteiger partial charge on any atom is 0.332 e. The second kappa shape index (κ2) is 10.6. The molecule has 0 spiro atoms. The molecule has 0 bridgehead atoms. The number of rotatable bonds is 7. The molecule has 1 aromatic carbocycles. The molecule has 3 heterocycles. The van der Waals surface area contributed by atoms with Crippen molar-refractivity contribution in [2.75, 3.05) is 7.11 Å². The van der Waals surface area contributed by atoms with Gasteiger partial charge in [-0.2, -0.15) is 0 Å². The summed E-state index contributed by atoms with van der Waals surface area (Å²) in [5.74, 6) is 2.29. The number of oxazole rings is 1. The fourth-order valence-corrected chi connectivity index (χ4v) is 8.14. The van der Waals surface area contributed by atoms with Crippen LogP contribution in [0.5, 0.6) is 5.75 Å². The summed E-state index contributed by atoms with van der Waals surface area (Å²) < 4.78 is 21.3. The lowest BCUT2D eigenvalue weighted by Crippen LogP contribution is -2.48. The third-order valence-corrected chi connectivity index (χ3v) is 10.0. The fourth-order valence-electron chi connectivity index (χ4n) is 6.90. The van der Waals surface area contributed by atoms with Gasteiger partial charge in [-0.05, 0) is 76.8 Å². The van der Waals surface area contributed by atoms with Crippen molar-refractivity contribution < 1.29 is 13.9 Å². The van der Waals surface area contributed by atoms with E-state index in [-0.39, 0.29) is 29.9 Å². The van der Waals surface area contributed by atoms with Crippen LogP contribution in [0.4, 0.5) is 0 Å². The molecule has 0 amide bonds. The van der Waals surface area contributed by atoms with Crippen molar-refractivity contribution in [2.45, 2.75) is 83.7 Å². The Kier molecular flexibility index (Phi) is 7.20. The van der Waals surface area contributed by atoms with Gasteiger partial charge in [-0.3, -0.25) is 13.9 Å². The molecule has 3 atom stereocenters. The number of fused-ring (bicyclic) bond motifs is 2. The molecule has 3 unspecified atom stereocenters. The van der Waals surface area contributed by atoms with Gasteiger partial charge in [-0.25, -0.2) is 9.78 Å². The summed E-state index contributed by atoms with van der Waals surface area (Å²) in [7, 11) is 1.65. The largest absolute Gasteiger partial charge is 0.496 e. The first-order chi connectivity index (χ1) is 19.6. The highest BCUT2D eigenvalue weighted by Crippen LogP contribution is 2.46. The SMILES string of the molecule is COc1ccccc1C(Cn1c(=O)n(C(C)(C)C)c(=O)c2c(C)c(-c3ncco3)sc21)OC1CC2CC(N)CC2C1. The van der Waals surface area contributed by atoms with Crippen LogP contribution in [0, 0.1) is 18.8 Å². The first-order valence-electron chi connectivity index (χ1n) is 14.3. The summed E-state index contributed by atoms with van der Waals surface area (Å²) in [6, 6.07) is 8.08. The molecule has 10 heteroatoms. The van der Waals surface area contributed by atoms with Crippen LogP contribution in [0.25, 0.3) is 21.0 Å². The van der Waals surface area contributed by atoms with Crippen molar-refractivity contribution in [2.24, 2.45) is 17.6 Å². The first kappa shape index (κ1) is 27.9. The lowest BCUT2D eigenvalue weighted by Gasteiger charge is -2.27. The monoisotopic (exact) mass is 578 g/mol. The molecule has 2 saturated carbocycles. The van der Waals surface area contributed by atoms with Crippen LogP contribution in [0.3, 0.4) is 0 Å². The van der Waals surface area contributed by atoms with Gasteiger partial charge in [0.1, 0.15) is 22.9 Å². The number of para-hydroxylation sites is 1. The first-order valence-corrected chi connectivity index (χ1v) is 15.1. The highest BCUT2D eigenvalue weighted by molar-refractivity contribution is 7.22. The van der Waals surface area contributed by atoms with Gasteiger partial charge in [0.05, 0.1) is 36.2 Å². The Labute approximate surface area is 242 Å². The minimum absolute atomic E-state index is 0.0556. The van der Waals surface area contributed by atoms with Gasteiger partial charge in [0.25, 0.3) is 5.56 Å². The van der Waals surface area contributed by atoms with Gasteiger partial charge in [-0.1, -0.05) is 18.2 Å². The third kappa shape index (κ3) is 4.96. The molecule has 0 saturated heterocycles. The average Bonchev–Trinajstić information content (AvgIpc) is 3.69. The lowest BCUT2D eigenvalue weighted by molar-refractivity contribution is -0.0238.